The van der Waals surface area contributed by atoms with Crippen molar-refractivity contribution in [3.8, 4) is 17.6 Å². The van der Waals surface area contributed by atoms with Crippen molar-refractivity contribution in [2.75, 3.05) is 6.61 Å². The number of ether oxygens (including phenoxy) is 2. The summed E-state index contributed by atoms with van der Waals surface area (Å²) in [5, 5.41) is 19.1. The van der Waals surface area contributed by atoms with E-state index in [-0.39, 0.29) is 33.5 Å². The summed E-state index contributed by atoms with van der Waals surface area (Å²) < 4.78 is 11.0. The van der Waals surface area contributed by atoms with Crippen LogP contribution in [-0.4, -0.2) is 17.7 Å². The molecule has 0 bridgehead atoms. The Hall–Kier alpha value is -2.68. The zero-order chi connectivity index (χ0) is 18.4. The topological polar surface area (TPSA) is 79.5 Å². The second kappa shape index (κ2) is 8.43. The summed E-state index contributed by atoms with van der Waals surface area (Å²) in [5.41, 5.74) is 0.264. The molecule has 5 nitrogen and oxygen atoms in total. The fraction of sp³-hybridized carbons (Fsp3) is 0.111. The van der Waals surface area contributed by atoms with Gasteiger partial charge in [0.05, 0.1) is 5.02 Å². The first-order valence-electron chi connectivity index (χ1n) is 7.09. The van der Waals surface area contributed by atoms with Crippen LogP contribution in [0.3, 0.4) is 0 Å². The molecule has 0 aromatic heterocycles. The van der Waals surface area contributed by atoms with Crippen LogP contribution in [0, 0.1) is 11.3 Å². The van der Waals surface area contributed by atoms with Gasteiger partial charge in [-0.15, -0.1) is 0 Å². The highest BCUT2D eigenvalue weighted by Crippen LogP contribution is 2.35. The largest absolute Gasteiger partial charge is 0.489 e. The maximum Gasteiger partial charge on any atom is 0.349 e. The second-order valence-electron chi connectivity index (χ2n) is 4.85. The number of halogens is 2. The Kier molecular flexibility index (Phi) is 6.29. The van der Waals surface area contributed by atoms with Gasteiger partial charge in [0.2, 0.25) is 6.10 Å². The van der Waals surface area contributed by atoms with E-state index >= 15 is 0 Å². The van der Waals surface area contributed by atoms with Gasteiger partial charge in [0.25, 0.3) is 0 Å². The van der Waals surface area contributed by atoms with E-state index in [1.165, 1.54) is 24.3 Å². The number of carboxylic acids is 1. The molecule has 0 aliphatic carbocycles. The SMILES string of the molecule is C=CCOc1cc(Cl)c(C#N)c(OC(C(=O)O)c2ccccc2Cl)c1. The Morgan fingerprint density at radius 2 is 2.04 bits per heavy atom. The third-order valence-electron chi connectivity index (χ3n) is 3.16. The van der Waals surface area contributed by atoms with Gasteiger partial charge >= 0.3 is 5.97 Å². The summed E-state index contributed by atoms with van der Waals surface area (Å²) in [6.45, 7) is 3.76. The van der Waals surface area contributed by atoms with Crippen molar-refractivity contribution in [2.24, 2.45) is 0 Å². The molecular formula is C18H13Cl2NO4. The zero-order valence-corrected chi connectivity index (χ0v) is 14.4. The number of benzene rings is 2. The molecule has 25 heavy (non-hydrogen) atoms. The van der Waals surface area contributed by atoms with E-state index in [9.17, 15) is 15.2 Å². The van der Waals surface area contributed by atoms with Crippen LogP contribution in [0.5, 0.6) is 11.5 Å². The minimum absolute atomic E-state index is 0.00548. The monoisotopic (exact) mass is 377 g/mol. The Balaban J connectivity index is 2.46. The van der Waals surface area contributed by atoms with Gasteiger partial charge in [0, 0.05) is 22.7 Å². The van der Waals surface area contributed by atoms with E-state index in [0.29, 0.717) is 5.75 Å². The molecule has 0 fully saturated rings. The van der Waals surface area contributed by atoms with Crippen LogP contribution < -0.4 is 9.47 Å². The summed E-state index contributed by atoms with van der Waals surface area (Å²) >= 11 is 12.1. The normalized spacial score (nSPS) is 11.2. The minimum Gasteiger partial charge on any atom is -0.489 e. The molecule has 2 aromatic rings. The van der Waals surface area contributed by atoms with Gasteiger partial charge in [-0.2, -0.15) is 5.26 Å². The summed E-state index contributed by atoms with van der Waals surface area (Å²) in [6.07, 6.45) is 0.128. The molecular weight excluding hydrogens is 365 g/mol. The Labute approximate surface area is 154 Å². The lowest BCUT2D eigenvalue weighted by molar-refractivity contribution is -0.145. The highest BCUT2D eigenvalue weighted by Gasteiger charge is 2.26. The van der Waals surface area contributed by atoms with Gasteiger partial charge in [-0.1, -0.05) is 54.1 Å². The fourth-order valence-corrected chi connectivity index (χ4v) is 2.54. The smallest absolute Gasteiger partial charge is 0.349 e. The average molecular weight is 378 g/mol. The maximum atomic E-state index is 11.7. The van der Waals surface area contributed by atoms with E-state index in [2.05, 4.69) is 6.58 Å². The number of nitrogens with zero attached hydrogens (tertiary/aromatic N) is 1. The molecule has 128 valence electrons. The molecule has 0 aliphatic heterocycles. The molecule has 0 amide bonds. The fourth-order valence-electron chi connectivity index (χ4n) is 2.06. The first kappa shape index (κ1) is 18.7. The number of carbonyl (C=O) groups is 1. The number of nitriles is 1. The number of aliphatic carboxylic acids is 1. The molecule has 2 rings (SSSR count). The molecule has 0 aliphatic rings. The highest BCUT2D eigenvalue weighted by atomic mass is 35.5. The summed E-state index contributed by atoms with van der Waals surface area (Å²) in [5.74, 6) is -0.950. The number of hydrogen-bond donors (Lipinski definition) is 1. The first-order valence-corrected chi connectivity index (χ1v) is 7.84. The van der Waals surface area contributed by atoms with Crippen LogP contribution in [-0.2, 0) is 4.79 Å². The predicted octanol–water partition coefficient (Wildman–Crippen LogP) is 4.63. The van der Waals surface area contributed by atoms with Crippen LogP contribution >= 0.6 is 23.2 Å². The van der Waals surface area contributed by atoms with Crippen LogP contribution in [0.25, 0.3) is 0 Å². The molecule has 0 saturated heterocycles. The molecule has 1 unspecified atom stereocenters. The second-order valence-corrected chi connectivity index (χ2v) is 5.66. The van der Waals surface area contributed by atoms with Gasteiger partial charge in [-0.25, -0.2) is 4.79 Å². The first-order chi connectivity index (χ1) is 12.0. The van der Waals surface area contributed by atoms with Crippen LogP contribution in [0.4, 0.5) is 0 Å². The summed E-state index contributed by atoms with van der Waals surface area (Å²) in [4.78, 5) is 11.7. The molecule has 0 radical (unpaired) electrons. The van der Waals surface area contributed by atoms with E-state index in [1.54, 1.807) is 18.2 Å². The van der Waals surface area contributed by atoms with Crippen molar-refractivity contribution in [2.45, 2.75) is 6.10 Å². The zero-order valence-electron chi connectivity index (χ0n) is 12.9. The number of rotatable bonds is 7. The van der Waals surface area contributed by atoms with Gasteiger partial charge in [-0.3, -0.25) is 0 Å². The van der Waals surface area contributed by atoms with Crippen molar-refractivity contribution in [3.63, 3.8) is 0 Å². The number of hydrogen-bond acceptors (Lipinski definition) is 4. The molecule has 2 aromatic carbocycles. The third-order valence-corrected chi connectivity index (χ3v) is 3.81. The van der Waals surface area contributed by atoms with Crippen molar-refractivity contribution in [1.29, 1.82) is 5.26 Å². The lowest BCUT2D eigenvalue weighted by atomic mass is 10.1. The summed E-state index contributed by atoms with van der Waals surface area (Å²) in [7, 11) is 0. The van der Waals surface area contributed by atoms with Crippen molar-refractivity contribution >= 4 is 29.2 Å². The molecule has 1 atom stereocenters. The van der Waals surface area contributed by atoms with Crippen LogP contribution in [0.2, 0.25) is 10.0 Å². The van der Waals surface area contributed by atoms with Crippen molar-refractivity contribution < 1.29 is 19.4 Å². The van der Waals surface area contributed by atoms with E-state index < -0.39 is 12.1 Å². The Bertz CT molecular complexity index is 845. The lowest BCUT2D eigenvalue weighted by Crippen LogP contribution is -2.19. The lowest BCUT2D eigenvalue weighted by Gasteiger charge is -2.18. The van der Waals surface area contributed by atoms with E-state index in [0.717, 1.165) is 0 Å². The third kappa shape index (κ3) is 4.44. The maximum absolute atomic E-state index is 11.7. The van der Waals surface area contributed by atoms with Gasteiger partial charge in [-0.05, 0) is 6.07 Å². The van der Waals surface area contributed by atoms with Crippen molar-refractivity contribution in [1.82, 2.24) is 0 Å². The highest BCUT2D eigenvalue weighted by molar-refractivity contribution is 6.32. The van der Waals surface area contributed by atoms with Crippen molar-refractivity contribution in [3.05, 3.63) is 70.2 Å². The minimum atomic E-state index is -1.41. The molecule has 7 heteroatoms. The number of carboxylic acid groups (broad SMARTS) is 1. The predicted molar refractivity (Wildman–Crippen MR) is 94.3 cm³/mol. The quantitative estimate of drug-likeness (QED) is 0.711. The molecule has 1 N–H and O–H groups in total. The van der Waals surface area contributed by atoms with E-state index in [4.69, 9.17) is 32.7 Å². The van der Waals surface area contributed by atoms with E-state index in [1.807, 2.05) is 6.07 Å². The van der Waals surface area contributed by atoms with Crippen LogP contribution in [0.1, 0.15) is 17.2 Å². The standard InChI is InChI=1S/C18H13Cl2NO4/c1-2-7-24-11-8-15(20)13(10-21)16(9-11)25-17(18(22)23)12-5-3-4-6-14(12)19/h2-6,8-9,17H,1,7H2,(H,22,23). The summed E-state index contributed by atoms with van der Waals surface area (Å²) in [6, 6.07) is 11.2. The average Bonchev–Trinajstić information content (AvgIpc) is 2.58. The molecule has 0 saturated carbocycles. The van der Waals surface area contributed by atoms with Gasteiger partial charge < -0.3 is 14.6 Å². The molecule has 0 spiro atoms. The molecule has 0 heterocycles. The van der Waals surface area contributed by atoms with Gasteiger partial charge in [0.15, 0.2) is 0 Å². The Morgan fingerprint density at radius 3 is 2.64 bits per heavy atom. The van der Waals surface area contributed by atoms with Crippen LogP contribution in [0.15, 0.2) is 49.1 Å². The van der Waals surface area contributed by atoms with Gasteiger partial charge in [0.1, 0.15) is 29.7 Å². The Morgan fingerprint density at radius 1 is 1.32 bits per heavy atom.